The Hall–Kier alpha value is -2.61. The van der Waals surface area contributed by atoms with Gasteiger partial charge in [-0.2, -0.15) is 18.3 Å². The molecule has 8 heteroatoms. The molecule has 0 bridgehead atoms. The summed E-state index contributed by atoms with van der Waals surface area (Å²) >= 11 is 1.33. The van der Waals surface area contributed by atoms with Crippen LogP contribution >= 0.6 is 11.3 Å². The van der Waals surface area contributed by atoms with E-state index in [-0.39, 0.29) is 11.4 Å². The molecular weight excluding hydrogens is 375 g/mol. The lowest BCUT2D eigenvalue weighted by Gasteiger charge is -2.20. The van der Waals surface area contributed by atoms with E-state index in [2.05, 4.69) is 10.4 Å². The number of rotatable bonds is 3. The van der Waals surface area contributed by atoms with Crippen molar-refractivity contribution in [3.63, 3.8) is 0 Å². The van der Waals surface area contributed by atoms with Crippen molar-refractivity contribution in [1.29, 1.82) is 0 Å². The minimum Gasteiger partial charge on any atom is -0.347 e. The maximum atomic E-state index is 13.1. The van der Waals surface area contributed by atoms with Crippen LogP contribution in [0.2, 0.25) is 0 Å². The zero-order valence-corrected chi connectivity index (χ0v) is 15.8. The number of carbonyl (C=O) groups is 1. The molecule has 0 unspecified atom stereocenters. The van der Waals surface area contributed by atoms with Crippen LogP contribution in [-0.4, -0.2) is 21.2 Å². The van der Waals surface area contributed by atoms with Crippen molar-refractivity contribution in [2.24, 2.45) is 0 Å². The standard InChI is InChI=1S/C19H18F3N3OS/c1-18(2,3)23-17(26)12-6-8-13(9-7-12)25-14(15-5-4-10-27-15)11-16(24-25)19(20,21)22/h4-11H,1-3H3,(H,23,26). The van der Waals surface area contributed by atoms with Gasteiger partial charge in [-0.3, -0.25) is 4.79 Å². The Morgan fingerprint density at radius 2 is 1.78 bits per heavy atom. The molecule has 0 radical (unpaired) electrons. The third-order valence-electron chi connectivity index (χ3n) is 3.64. The van der Waals surface area contributed by atoms with E-state index in [1.165, 1.54) is 16.0 Å². The van der Waals surface area contributed by atoms with Crippen LogP contribution in [0.4, 0.5) is 13.2 Å². The second-order valence-electron chi connectivity index (χ2n) is 7.05. The molecule has 0 fully saturated rings. The fraction of sp³-hybridized carbons (Fsp3) is 0.263. The molecule has 0 aliphatic carbocycles. The van der Waals surface area contributed by atoms with E-state index in [0.29, 0.717) is 21.8 Å². The van der Waals surface area contributed by atoms with E-state index >= 15 is 0 Å². The van der Waals surface area contributed by atoms with Gasteiger partial charge in [0.15, 0.2) is 5.69 Å². The molecule has 0 aliphatic rings. The van der Waals surface area contributed by atoms with Gasteiger partial charge in [0.2, 0.25) is 0 Å². The molecule has 0 spiro atoms. The number of thiophene rings is 1. The summed E-state index contributed by atoms with van der Waals surface area (Å²) in [7, 11) is 0. The van der Waals surface area contributed by atoms with Crippen molar-refractivity contribution < 1.29 is 18.0 Å². The number of hydrogen-bond acceptors (Lipinski definition) is 3. The van der Waals surface area contributed by atoms with Crippen LogP contribution in [0.5, 0.6) is 0 Å². The summed E-state index contributed by atoms with van der Waals surface area (Å²) < 4.78 is 40.7. The molecule has 0 aliphatic heterocycles. The lowest BCUT2D eigenvalue weighted by Crippen LogP contribution is -2.40. The van der Waals surface area contributed by atoms with E-state index in [4.69, 9.17) is 0 Å². The number of nitrogens with zero attached hydrogens (tertiary/aromatic N) is 2. The van der Waals surface area contributed by atoms with Crippen molar-refractivity contribution in [2.45, 2.75) is 32.5 Å². The smallest absolute Gasteiger partial charge is 0.347 e. The number of alkyl halides is 3. The molecule has 1 N–H and O–H groups in total. The molecule has 2 heterocycles. The maximum absolute atomic E-state index is 13.1. The molecule has 2 aromatic heterocycles. The van der Waals surface area contributed by atoms with E-state index < -0.39 is 11.9 Å². The lowest BCUT2D eigenvalue weighted by molar-refractivity contribution is -0.141. The van der Waals surface area contributed by atoms with Gasteiger partial charge >= 0.3 is 6.18 Å². The largest absolute Gasteiger partial charge is 0.435 e. The first-order valence-corrected chi connectivity index (χ1v) is 9.07. The number of amides is 1. The van der Waals surface area contributed by atoms with Crippen molar-refractivity contribution in [3.8, 4) is 16.3 Å². The third-order valence-corrected chi connectivity index (χ3v) is 4.53. The van der Waals surface area contributed by atoms with Crippen LogP contribution in [0, 0.1) is 0 Å². The third kappa shape index (κ3) is 4.39. The zero-order valence-electron chi connectivity index (χ0n) is 15.0. The van der Waals surface area contributed by atoms with Gasteiger partial charge in [-0.05, 0) is 62.5 Å². The first kappa shape index (κ1) is 19.2. The van der Waals surface area contributed by atoms with E-state index in [9.17, 15) is 18.0 Å². The average molecular weight is 393 g/mol. The summed E-state index contributed by atoms with van der Waals surface area (Å²) in [6.45, 7) is 5.61. The van der Waals surface area contributed by atoms with Crippen molar-refractivity contribution in [3.05, 3.63) is 59.1 Å². The molecule has 4 nitrogen and oxygen atoms in total. The Bertz CT molecular complexity index is 936. The van der Waals surface area contributed by atoms with E-state index in [1.807, 2.05) is 20.8 Å². The monoisotopic (exact) mass is 393 g/mol. The SMILES string of the molecule is CC(C)(C)NC(=O)c1ccc(-n2nc(C(F)(F)F)cc2-c2cccs2)cc1. The highest BCUT2D eigenvalue weighted by Crippen LogP contribution is 2.34. The van der Waals surface area contributed by atoms with Crippen LogP contribution in [0.25, 0.3) is 16.3 Å². The molecular formula is C19H18F3N3OS. The highest BCUT2D eigenvalue weighted by atomic mass is 32.1. The summed E-state index contributed by atoms with van der Waals surface area (Å²) in [5, 5.41) is 8.37. The Labute approximate surface area is 158 Å². The predicted molar refractivity (Wildman–Crippen MR) is 99.1 cm³/mol. The van der Waals surface area contributed by atoms with Gasteiger partial charge in [0.25, 0.3) is 5.91 Å². The minimum atomic E-state index is -4.54. The van der Waals surface area contributed by atoms with Crippen LogP contribution < -0.4 is 5.32 Å². The summed E-state index contributed by atoms with van der Waals surface area (Å²) in [6.07, 6.45) is -4.54. The van der Waals surface area contributed by atoms with Crippen LogP contribution in [0.1, 0.15) is 36.8 Å². The van der Waals surface area contributed by atoms with Crippen molar-refractivity contribution in [2.75, 3.05) is 0 Å². The highest BCUT2D eigenvalue weighted by molar-refractivity contribution is 7.13. The molecule has 0 saturated heterocycles. The van der Waals surface area contributed by atoms with Gasteiger partial charge in [-0.1, -0.05) is 6.07 Å². The first-order chi connectivity index (χ1) is 12.5. The van der Waals surface area contributed by atoms with Crippen molar-refractivity contribution >= 4 is 17.2 Å². The van der Waals surface area contributed by atoms with Crippen LogP contribution in [0.3, 0.4) is 0 Å². The second-order valence-corrected chi connectivity index (χ2v) is 8.00. The number of carbonyl (C=O) groups excluding carboxylic acids is 1. The number of halogens is 3. The van der Waals surface area contributed by atoms with E-state index in [0.717, 1.165) is 6.07 Å². The van der Waals surface area contributed by atoms with Gasteiger partial charge in [-0.15, -0.1) is 11.3 Å². The topological polar surface area (TPSA) is 46.9 Å². The fourth-order valence-corrected chi connectivity index (χ4v) is 3.21. The normalized spacial score (nSPS) is 12.2. The van der Waals surface area contributed by atoms with Gasteiger partial charge < -0.3 is 5.32 Å². The molecule has 0 atom stereocenters. The van der Waals surface area contributed by atoms with E-state index in [1.54, 1.807) is 41.8 Å². The fourth-order valence-electron chi connectivity index (χ4n) is 2.48. The van der Waals surface area contributed by atoms with Gasteiger partial charge in [0, 0.05) is 11.1 Å². The Morgan fingerprint density at radius 1 is 1.11 bits per heavy atom. The first-order valence-electron chi connectivity index (χ1n) is 8.19. The summed E-state index contributed by atoms with van der Waals surface area (Å²) in [4.78, 5) is 12.9. The minimum absolute atomic E-state index is 0.246. The quantitative estimate of drug-likeness (QED) is 0.669. The Balaban J connectivity index is 1.99. The molecule has 0 saturated carbocycles. The molecule has 3 rings (SSSR count). The summed E-state index contributed by atoms with van der Waals surface area (Å²) in [6, 6.07) is 10.9. The molecule has 1 aromatic carbocycles. The molecule has 27 heavy (non-hydrogen) atoms. The average Bonchev–Trinajstić information content (AvgIpc) is 3.22. The summed E-state index contributed by atoms with van der Waals surface area (Å²) in [5.41, 5.74) is -0.119. The van der Waals surface area contributed by atoms with Crippen LogP contribution in [0.15, 0.2) is 47.8 Å². The number of aromatic nitrogens is 2. The number of hydrogen-bond donors (Lipinski definition) is 1. The lowest BCUT2D eigenvalue weighted by atomic mass is 10.1. The van der Waals surface area contributed by atoms with Crippen molar-refractivity contribution in [1.82, 2.24) is 15.1 Å². The Kier molecular flexibility index (Phi) is 4.86. The maximum Gasteiger partial charge on any atom is 0.435 e. The zero-order chi connectivity index (χ0) is 19.8. The highest BCUT2D eigenvalue weighted by Gasteiger charge is 2.35. The molecule has 142 valence electrons. The van der Waals surface area contributed by atoms with Gasteiger partial charge in [0.1, 0.15) is 0 Å². The summed E-state index contributed by atoms with van der Waals surface area (Å²) in [5.74, 6) is -0.246. The van der Waals surface area contributed by atoms with Gasteiger partial charge in [-0.25, -0.2) is 4.68 Å². The Morgan fingerprint density at radius 3 is 2.30 bits per heavy atom. The number of benzene rings is 1. The molecule has 1 amide bonds. The predicted octanol–water partition coefficient (Wildman–Crippen LogP) is 5.15. The second kappa shape index (κ2) is 6.84. The van der Waals surface area contributed by atoms with Crippen LogP contribution in [-0.2, 0) is 6.18 Å². The number of nitrogens with one attached hydrogen (secondary N) is 1. The van der Waals surface area contributed by atoms with Gasteiger partial charge in [0.05, 0.1) is 16.3 Å². The molecule has 3 aromatic rings.